The molecule has 0 unspecified atom stereocenters. The number of nitrogens with zero attached hydrogens (tertiary/aromatic N) is 3. The van der Waals surface area contributed by atoms with E-state index in [1.165, 1.54) is 0 Å². The maximum absolute atomic E-state index is 12.3. The molecule has 1 fully saturated rings. The van der Waals surface area contributed by atoms with Crippen LogP contribution in [0.2, 0.25) is 0 Å². The summed E-state index contributed by atoms with van der Waals surface area (Å²) < 4.78 is 1.63. The number of amides is 1. The van der Waals surface area contributed by atoms with Crippen LogP contribution in [0.25, 0.3) is 11.1 Å². The Bertz CT molecular complexity index is 903. The molecule has 24 heavy (non-hydrogen) atoms. The van der Waals surface area contributed by atoms with Gasteiger partial charge in [-0.25, -0.2) is 9.89 Å². The van der Waals surface area contributed by atoms with E-state index >= 15 is 0 Å². The van der Waals surface area contributed by atoms with Gasteiger partial charge in [-0.1, -0.05) is 12.1 Å². The van der Waals surface area contributed by atoms with E-state index < -0.39 is 0 Å². The fourth-order valence-corrected chi connectivity index (χ4v) is 2.66. The van der Waals surface area contributed by atoms with Crippen LogP contribution in [0.1, 0.15) is 35.1 Å². The van der Waals surface area contributed by atoms with Crippen molar-refractivity contribution in [3.63, 3.8) is 0 Å². The molecule has 1 aliphatic carbocycles. The third-order valence-electron chi connectivity index (χ3n) is 4.08. The molecule has 1 aliphatic rings. The van der Waals surface area contributed by atoms with Crippen molar-refractivity contribution in [2.75, 3.05) is 0 Å². The Labute approximate surface area is 136 Å². The average molecular weight is 324 g/mol. The van der Waals surface area contributed by atoms with Crippen LogP contribution < -0.4 is 11.0 Å². The van der Waals surface area contributed by atoms with Gasteiger partial charge in [0.05, 0.1) is 12.7 Å². The quantitative estimate of drug-likeness (QED) is 0.656. The largest absolute Gasteiger partial charge is 0.345 e. The molecule has 0 atom stereocenters. The molecule has 0 saturated heterocycles. The van der Waals surface area contributed by atoms with Crippen LogP contribution in [-0.2, 0) is 6.54 Å². The molecule has 0 bridgehead atoms. The van der Waals surface area contributed by atoms with Crippen molar-refractivity contribution in [2.45, 2.75) is 25.4 Å². The molecule has 3 N–H and O–H groups in total. The minimum absolute atomic E-state index is 0.202. The summed E-state index contributed by atoms with van der Waals surface area (Å²) in [6, 6.07) is 7.48. The molecule has 1 aromatic carbocycles. The van der Waals surface area contributed by atoms with E-state index in [1.54, 1.807) is 29.1 Å². The molecule has 1 saturated carbocycles. The SMILES string of the molecule is O=C(NCc1n[nH]c(=O)n1C1CC1)c1ccc(-c2cn[nH]c2)cc1. The maximum atomic E-state index is 12.3. The van der Waals surface area contributed by atoms with Gasteiger partial charge in [-0.2, -0.15) is 10.2 Å². The molecular weight excluding hydrogens is 308 g/mol. The third-order valence-corrected chi connectivity index (χ3v) is 4.08. The molecule has 3 aromatic rings. The summed E-state index contributed by atoms with van der Waals surface area (Å²) in [6.07, 6.45) is 5.49. The van der Waals surface area contributed by atoms with Gasteiger partial charge >= 0.3 is 5.69 Å². The van der Waals surface area contributed by atoms with E-state index in [-0.39, 0.29) is 24.2 Å². The summed E-state index contributed by atoms with van der Waals surface area (Å²) in [4.78, 5) is 24.0. The number of hydrogen-bond donors (Lipinski definition) is 3. The van der Waals surface area contributed by atoms with Gasteiger partial charge in [0.15, 0.2) is 5.82 Å². The first-order valence-corrected chi connectivity index (χ1v) is 7.75. The molecule has 0 aliphatic heterocycles. The van der Waals surface area contributed by atoms with Gasteiger partial charge in [0.25, 0.3) is 5.91 Å². The normalized spacial score (nSPS) is 13.8. The number of nitrogens with one attached hydrogen (secondary N) is 3. The van der Waals surface area contributed by atoms with Gasteiger partial charge < -0.3 is 5.32 Å². The molecular formula is C16H16N6O2. The molecule has 0 spiro atoms. The molecule has 4 rings (SSSR count). The first-order valence-electron chi connectivity index (χ1n) is 7.75. The van der Waals surface area contributed by atoms with Gasteiger partial charge in [0, 0.05) is 23.4 Å². The second kappa shape index (κ2) is 5.80. The van der Waals surface area contributed by atoms with Crippen LogP contribution >= 0.6 is 0 Å². The van der Waals surface area contributed by atoms with Crippen LogP contribution in [0.3, 0.4) is 0 Å². The zero-order chi connectivity index (χ0) is 16.5. The van der Waals surface area contributed by atoms with Gasteiger partial charge in [-0.3, -0.25) is 14.5 Å². The van der Waals surface area contributed by atoms with Crippen molar-refractivity contribution in [3.05, 3.63) is 58.5 Å². The highest BCUT2D eigenvalue weighted by atomic mass is 16.2. The lowest BCUT2D eigenvalue weighted by Crippen LogP contribution is -2.26. The number of aromatic amines is 2. The topological polar surface area (TPSA) is 108 Å². The second-order valence-corrected chi connectivity index (χ2v) is 5.79. The fourth-order valence-electron chi connectivity index (χ4n) is 2.66. The lowest BCUT2D eigenvalue weighted by molar-refractivity contribution is 0.0949. The number of rotatable bonds is 5. The summed E-state index contributed by atoms with van der Waals surface area (Å²) >= 11 is 0. The number of carbonyl (C=O) groups is 1. The van der Waals surface area contributed by atoms with E-state index in [1.807, 2.05) is 12.1 Å². The Kier molecular flexibility index (Phi) is 3.49. The van der Waals surface area contributed by atoms with E-state index in [4.69, 9.17) is 0 Å². The lowest BCUT2D eigenvalue weighted by atomic mass is 10.1. The number of hydrogen-bond acceptors (Lipinski definition) is 4. The van der Waals surface area contributed by atoms with Crippen LogP contribution in [-0.4, -0.2) is 30.9 Å². The Hall–Kier alpha value is -3.16. The van der Waals surface area contributed by atoms with Crippen molar-refractivity contribution in [2.24, 2.45) is 0 Å². The Morgan fingerprint density at radius 3 is 2.71 bits per heavy atom. The van der Waals surface area contributed by atoms with Gasteiger partial charge in [0.2, 0.25) is 0 Å². The summed E-state index contributed by atoms with van der Waals surface area (Å²) in [7, 11) is 0. The van der Waals surface area contributed by atoms with Crippen LogP contribution in [0, 0.1) is 0 Å². The third kappa shape index (κ3) is 2.73. The Morgan fingerprint density at radius 1 is 1.25 bits per heavy atom. The molecule has 122 valence electrons. The van der Waals surface area contributed by atoms with Gasteiger partial charge in [0.1, 0.15) is 0 Å². The predicted octanol–water partition coefficient (Wildman–Crippen LogP) is 1.23. The van der Waals surface area contributed by atoms with E-state index in [9.17, 15) is 9.59 Å². The zero-order valence-corrected chi connectivity index (χ0v) is 12.8. The molecule has 2 aromatic heterocycles. The Balaban J connectivity index is 1.44. The highest BCUT2D eigenvalue weighted by molar-refractivity contribution is 5.94. The lowest BCUT2D eigenvalue weighted by Gasteiger charge is -2.07. The van der Waals surface area contributed by atoms with Gasteiger partial charge in [-0.05, 0) is 30.5 Å². The van der Waals surface area contributed by atoms with Crippen molar-refractivity contribution < 1.29 is 4.79 Å². The standard InChI is InChI=1S/C16H16N6O2/c23-15(11-3-1-10(2-4-11)12-7-18-19-8-12)17-9-14-20-21-16(24)22(14)13-5-6-13/h1-4,7-8,13H,5-6,9H2,(H,17,23)(H,18,19)(H,21,24). The highest BCUT2D eigenvalue weighted by Gasteiger charge is 2.28. The molecule has 0 radical (unpaired) electrons. The fraction of sp³-hybridized carbons (Fsp3) is 0.250. The van der Waals surface area contributed by atoms with Crippen LogP contribution in [0.15, 0.2) is 41.5 Å². The van der Waals surface area contributed by atoms with Crippen molar-refractivity contribution in [1.29, 1.82) is 0 Å². The van der Waals surface area contributed by atoms with Crippen molar-refractivity contribution in [3.8, 4) is 11.1 Å². The first-order chi connectivity index (χ1) is 11.7. The number of aromatic nitrogens is 5. The van der Waals surface area contributed by atoms with Crippen molar-refractivity contribution >= 4 is 5.91 Å². The average Bonchev–Trinajstić information content (AvgIpc) is 3.15. The number of carbonyl (C=O) groups excluding carboxylic acids is 1. The van der Waals surface area contributed by atoms with E-state index in [0.717, 1.165) is 24.0 Å². The minimum atomic E-state index is -0.216. The predicted molar refractivity (Wildman–Crippen MR) is 86.3 cm³/mol. The van der Waals surface area contributed by atoms with Crippen LogP contribution in [0.5, 0.6) is 0 Å². The molecule has 1 amide bonds. The number of H-pyrrole nitrogens is 2. The second-order valence-electron chi connectivity index (χ2n) is 5.79. The maximum Gasteiger partial charge on any atom is 0.343 e. The first kappa shape index (κ1) is 14.4. The summed E-state index contributed by atoms with van der Waals surface area (Å²) in [6.45, 7) is 0.220. The monoisotopic (exact) mass is 324 g/mol. The molecule has 8 heteroatoms. The molecule has 2 heterocycles. The summed E-state index contributed by atoms with van der Waals surface area (Å²) in [5.41, 5.74) is 2.28. The highest BCUT2D eigenvalue weighted by Crippen LogP contribution is 2.33. The van der Waals surface area contributed by atoms with E-state index in [2.05, 4.69) is 25.7 Å². The summed E-state index contributed by atoms with van der Waals surface area (Å²) in [5.74, 6) is 0.359. The smallest absolute Gasteiger partial charge is 0.343 e. The zero-order valence-electron chi connectivity index (χ0n) is 12.8. The Morgan fingerprint density at radius 2 is 2.04 bits per heavy atom. The van der Waals surface area contributed by atoms with Crippen molar-refractivity contribution in [1.82, 2.24) is 30.3 Å². The van der Waals surface area contributed by atoms with Crippen LogP contribution in [0.4, 0.5) is 0 Å². The molecule has 8 nitrogen and oxygen atoms in total. The van der Waals surface area contributed by atoms with E-state index in [0.29, 0.717) is 11.4 Å². The summed E-state index contributed by atoms with van der Waals surface area (Å²) in [5, 5.41) is 15.9. The van der Waals surface area contributed by atoms with Gasteiger partial charge in [-0.15, -0.1) is 0 Å². The number of benzene rings is 1. The minimum Gasteiger partial charge on any atom is -0.345 e.